The summed E-state index contributed by atoms with van der Waals surface area (Å²) in [5.41, 5.74) is 12.2. The van der Waals surface area contributed by atoms with Gasteiger partial charge in [-0.25, -0.2) is 9.97 Å². The lowest BCUT2D eigenvalue weighted by Gasteiger charge is -2.31. The summed E-state index contributed by atoms with van der Waals surface area (Å²) in [6, 6.07) is 16.7. The highest BCUT2D eigenvalue weighted by molar-refractivity contribution is 6.43. The van der Waals surface area contributed by atoms with Gasteiger partial charge in [0.15, 0.2) is 11.9 Å². The number of nitrogens with one attached hydrogen (secondary N) is 2. The summed E-state index contributed by atoms with van der Waals surface area (Å²) < 4.78 is 13.3. The van der Waals surface area contributed by atoms with Gasteiger partial charge in [-0.05, 0) is 91.9 Å². The number of nitrogens with zero attached hydrogens (tertiary/aromatic N) is 6. The average Bonchev–Trinajstić information content (AvgIpc) is 3.70. The van der Waals surface area contributed by atoms with Crippen LogP contribution in [0.1, 0.15) is 107 Å². The molecule has 0 saturated carbocycles. The second-order valence-electron chi connectivity index (χ2n) is 16.1. The molecule has 2 N–H and O–H groups in total. The third-order valence-corrected chi connectivity index (χ3v) is 12.4. The van der Waals surface area contributed by atoms with Gasteiger partial charge in [0.2, 0.25) is 0 Å². The van der Waals surface area contributed by atoms with Crippen LogP contribution in [0.15, 0.2) is 74.3 Å². The molecule has 8 rings (SSSR count). The zero-order valence-electron chi connectivity index (χ0n) is 33.5. The van der Waals surface area contributed by atoms with E-state index >= 15 is 0 Å². The lowest BCUT2D eigenvalue weighted by molar-refractivity contribution is 0.189. The summed E-state index contributed by atoms with van der Waals surface area (Å²) in [4.78, 5) is 25.7. The van der Waals surface area contributed by atoms with Gasteiger partial charge in [0.05, 0.1) is 24.0 Å². The van der Waals surface area contributed by atoms with Crippen LogP contribution in [0.25, 0.3) is 11.1 Å². The molecule has 10 nitrogen and oxygen atoms in total. The van der Waals surface area contributed by atoms with E-state index in [1.165, 1.54) is 33.4 Å². The highest BCUT2D eigenvalue weighted by atomic mass is 16.5. The molecule has 4 aliphatic rings. The van der Waals surface area contributed by atoms with E-state index in [0.717, 1.165) is 86.1 Å². The summed E-state index contributed by atoms with van der Waals surface area (Å²) in [5.74, 6) is 2.30. The van der Waals surface area contributed by atoms with E-state index in [0.29, 0.717) is 12.6 Å². The minimum absolute atomic E-state index is 0.0639. The number of furan rings is 1. The Labute approximate surface area is 326 Å². The Morgan fingerprint density at radius 2 is 1.69 bits per heavy atom. The summed E-state index contributed by atoms with van der Waals surface area (Å²) in [7, 11) is 2.13. The van der Waals surface area contributed by atoms with Crippen molar-refractivity contribution in [2.45, 2.75) is 103 Å². The number of rotatable bonds is 12. The lowest BCUT2D eigenvalue weighted by Crippen LogP contribution is -2.41. The maximum Gasteiger partial charge on any atom is 0.316 e. The number of anilines is 2. The molecule has 288 valence electrons. The fourth-order valence-electron chi connectivity index (χ4n) is 9.28. The molecular weight excluding hydrogens is 685 g/mol. The van der Waals surface area contributed by atoms with E-state index in [2.05, 4.69) is 104 Å². The SMILES string of the molecule is CCC1(CC)c2cc(CC(C)C(Oc3ncccn3)C3=NC(C)CN=C3C)ccc2-c2ccc(C(C)Cc3oc(C4N=CCCN4C)c4c3NCCN4)cc21. The van der Waals surface area contributed by atoms with Crippen molar-refractivity contribution in [1.82, 2.24) is 14.9 Å². The Bertz CT molecular complexity index is 2120. The first kappa shape index (κ1) is 37.1. The lowest BCUT2D eigenvalue weighted by atomic mass is 9.72. The summed E-state index contributed by atoms with van der Waals surface area (Å²) in [6.45, 7) is 16.9. The van der Waals surface area contributed by atoms with Gasteiger partial charge in [0.1, 0.15) is 23.2 Å². The second-order valence-corrected chi connectivity index (χ2v) is 16.1. The van der Waals surface area contributed by atoms with E-state index in [-0.39, 0.29) is 35.6 Å². The van der Waals surface area contributed by atoms with Crippen molar-refractivity contribution >= 4 is 29.0 Å². The fourth-order valence-corrected chi connectivity index (χ4v) is 9.28. The second kappa shape index (κ2) is 15.4. The van der Waals surface area contributed by atoms with Gasteiger partial charge in [-0.15, -0.1) is 0 Å². The molecular formula is C45H56N8O2. The van der Waals surface area contributed by atoms with Gasteiger partial charge in [0, 0.05) is 56.0 Å². The van der Waals surface area contributed by atoms with Crippen LogP contribution in [0.4, 0.5) is 11.4 Å². The normalized spacial score (nSPS) is 21.6. The van der Waals surface area contributed by atoms with E-state index in [1.807, 2.05) is 13.1 Å². The van der Waals surface area contributed by atoms with Gasteiger partial charge >= 0.3 is 6.01 Å². The van der Waals surface area contributed by atoms with Crippen LogP contribution < -0.4 is 15.4 Å². The Balaban J connectivity index is 1.07. The highest BCUT2D eigenvalue weighted by Gasteiger charge is 2.41. The highest BCUT2D eigenvalue weighted by Crippen LogP contribution is 2.54. The van der Waals surface area contributed by atoms with Crippen LogP contribution in [-0.2, 0) is 18.3 Å². The minimum Gasteiger partial charge on any atom is -0.458 e. The largest absolute Gasteiger partial charge is 0.458 e. The quantitative estimate of drug-likeness (QED) is 0.150. The van der Waals surface area contributed by atoms with Gasteiger partial charge in [-0.3, -0.25) is 19.9 Å². The molecule has 0 bridgehead atoms. The first-order valence-corrected chi connectivity index (χ1v) is 20.4. The first-order chi connectivity index (χ1) is 26.7. The van der Waals surface area contributed by atoms with Crippen LogP contribution in [0, 0.1) is 5.92 Å². The standard InChI is InChI=1S/C45H56N8O2/c1-8-45(9-2)35-24-31(22-28(4)41(55-44-49-16-10-17-50-44)38-30(6)51-26-29(5)52-38)12-14-33(35)34-15-13-32(25-36(34)45)27(3)23-37-39-40(47-20-19-46-39)42(54-37)43-48-18-11-21-53(43)7/h10,12-18,24-25,27-29,41,43,46-47H,8-9,11,19-23,26H2,1-7H3. The number of ether oxygens (including phenoxy) is 1. The molecule has 10 heteroatoms. The first-order valence-electron chi connectivity index (χ1n) is 20.4. The molecule has 0 saturated heterocycles. The van der Waals surface area contributed by atoms with Gasteiger partial charge in [-0.2, -0.15) is 0 Å². The Kier molecular flexibility index (Phi) is 10.4. The van der Waals surface area contributed by atoms with E-state index in [4.69, 9.17) is 24.1 Å². The zero-order valence-corrected chi connectivity index (χ0v) is 33.5. The van der Waals surface area contributed by atoms with Crippen molar-refractivity contribution < 1.29 is 9.15 Å². The molecule has 0 fully saturated rings. The van der Waals surface area contributed by atoms with Crippen molar-refractivity contribution in [3.05, 3.63) is 88.6 Å². The number of hydrogen-bond acceptors (Lipinski definition) is 10. The summed E-state index contributed by atoms with van der Waals surface area (Å²) in [5, 5.41) is 7.28. The third kappa shape index (κ3) is 6.87. The molecule has 0 radical (unpaired) electrons. The third-order valence-electron chi connectivity index (χ3n) is 12.4. The van der Waals surface area contributed by atoms with E-state index in [1.54, 1.807) is 18.5 Å². The molecule has 2 aromatic heterocycles. The zero-order chi connectivity index (χ0) is 38.3. The maximum atomic E-state index is 6.73. The van der Waals surface area contributed by atoms with Gasteiger partial charge < -0.3 is 19.8 Å². The molecule has 4 aromatic rings. The number of fused-ring (bicyclic) bond motifs is 4. The van der Waals surface area contributed by atoms with Crippen molar-refractivity contribution in [2.24, 2.45) is 20.9 Å². The molecule has 5 heterocycles. The molecule has 3 aliphatic heterocycles. The Hall–Kier alpha value is -4.83. The van der Waals surface area contributed by atoms with Crippen molar-refractivity contribution in [3.63, 3.8) is 0 Å². The van der Waals surface area contributed by atoms with Crippen molar-refractivity contribution in [3.8, 4) is 17.1 Å². The number of aliphatic imine (C=N–C) groups is 3. The Morgan fingerprint density at radius 3 is 2.44 bits per heavy atom. The molecule has 5 atom stereocenters. The number of hydrogen-bond donors (Lipinski definition) is 2. The summed E-state index contributed by atoms with van der Waals surface area (Å²) in [6.07, 6.45) is 9.72. The predicted octanol–water partition coefficient (Wildman–Crippen LogP) is 8.67. The minimum atomic E-state index is -0.316. The molecule has 0 amide bonds. The van der Waals surface area contributed by atoms with Crippen LogP contribution in [-0.4, -0.2) is 77.9 Å². The molecule has 1 aliphatic carbocycles. The molecule has 55 heavy (non-hydrogen) atoms. The fraction of sp³-hybridized carbons (Fsp3) is 0.489. The molecule has 5 unspecified atom stereocenters. The number of benzene rings is 2. The maximum absolute atomic E-state index is 6.73. The van der Waals surface area contributed by atoms with Crippen molar-refractivity contribution in [1.29, 1.82) is 0 Å². The van der Waals surface area contributed by atoms with E-state index in [9.17, 15) is 0 Å². The average molecular weight is 741 g/mol. The van der Waals surface area contributed by atoms with Gasteiger partial charge in [0.25, 0.3) is 0 Å². The van der Waals surface area contributed by atoms with Crippen molar-refractivity contribution in [2.75, 3.05) is 43.9 Å². The molecule has 2 aromatic carbocycles. The van der Waals surface area contributed by atoms with Crippen LogP contribution >= 0.6 is 0 Å². The van der Waals surface area contributed by atoms with Crippen LogP contribution in [0.5, 0.6) is 6.01 Å². The monoisotopic (exact) mass is 740 g/mol. The smallest absolute Gasteiger partial charge is 0.316 e. The molecule has 0 spiro atoms. The topological polar surface area (TPSA) is 113 Å². The van der Waals surface area contributed by atoms with Crippen LogP contribution in [0.2, 0.25) is 0 Å². The van der Waals surface area contributed by atoms with Crippen LogP contribution in [0.3, 0.4) is 0 Å². The van der Waals surface area contributed by atoms with E-state index < -0.39 is 0 Å². The predicted molar refractivity (Wildman–Crippen MR) is 224 cm³/mol. The Morgan fingerprint density at radius 1 is 0.964 bits per heavy atom. The summed E-state index contributed by atoms with van der Waals surface area (Å²) >= 11 is 0. The van der Waals surface area contributed by atoms with Gasteiger partial charge in [-0.1, -0.05) is 64.1 Å². The number of aromatic nitrogens is 2.